The van der Waals surface area contributed by atoms with E-state index >= 15 is 0 Å². The van der Waals surface area contributed by atoms with Crippen molar-refractivity contribution in [3.8, 4) is 50.7 Å². The zero-order valence-electron chi connectivity index (χ0n) is 46.4. The van der Waals surface area contributed by atoms with E-state index in [9.17, 15) is 4.39 Å². The minimum Gasteiger partial charge on any atom is 0 e. The predicted octanol–water partition coefficient (Wildman–Crippen LogP) is 18.0. The maximum Gasteiger partial charge on any atom is 0 e. The third-order valence-electron chi connectivity index (χ3n) is 13.1. The molecule has 375 valence electrons. The van der Waals surface area contributed by atoms with Crippen molar-refractivity contribution in [1.29, 1.82) is 0 Å². The Morgan fingerprint density at radius 1 is 0.685 bits per heavy atom. The van der Waals surface area contributed by atoms with Crippen LogP contribution < -0.4 is 4.40 Å². The van der Waals surface area contributed by atoms with Crippen molar-refractivity contribution in [3.05, 3.63) is 186 Å². The fourth-order valence-corrected chi connectivity index (χ4v) is 13.5. The third kappa shape index (κ3) is 11.6. The topological polar surface area (TPSA) is 43.6 Å². The number of aromatic nitrogens is 4. The first-order valence-corrected chi connectivity index (χ1v) is 33.3. The molecule has 4 heterocycles. The Morgan fingerprint density at radius 3 is 1.99 bits per heavy atom. The van der Waals surface area contributed by atoms with Crippen molar-refractivity contribution in [2.75, 3.05) is 0 Å². The Morgan fingerprint density at radius 2 is 1.34 bits per heavy atom. The predicted molar refractivity (Wildman–Crippen MR) is 308 cm³/mol. The second-order valence-corrected chi connectivity index (χ2v) is 34.2. The minimum absolute atomic E-state index is 0. The molecule has 4 aromatic heterocycles. The van der Waals surface area contributed by atoms with Gasteiger partial charge in [0, 0.05) is 31.4 Å². The van der Waals surface area contributed by atoms with Crippen molar-refractivity contribution in [3.63, 3.8) is 0 Å². The van der Waals surface area contributed by atoms with E-state index in [1.807, 2.05) is 51.2 Å². The number of imidazole rings is 1. The van der Waals surface area contributed by atoms with E-state index in [2.05, 4.69) is 173 Å². The summed E-state index contributed by atoms with van der Waals surface area (Å²) in [4.78, 5) is 16.0. The molecule has 10 rings (SSSR count). The van der Waals surface area contributed by atoms with Crippen LogP contribution in [0.25, 0.3) is 82.1 Å². The van der Waals surface area contributed by atoms with Crippen LogP contribution in [0.15, 0.2) is 146 Å². The smallest absolute Gasteiger partial charge is 0 e. The van der Waals surface area contributed by atoms with E-state index in [-0.39, 0.29) is 43.2 Å². The van der Waals surface area contributed by atoms with Gasteiger partial charge in [-0.05, 0) is 98.8 Å². The molecule has 0 amide bonds. The Hall–Kier alpha value is -5.57. The standard InChI is InChI=1S/C42H33FN3S.C23H34GeN.Ir/c1-25(2)34-23-29(27-11-6-5-7-12-27)24-35(26(3)4)39(34)46-38-16-9-8-15-37(38)44-41(46)33-14-10-13-31-32-21-22-36(45-42(32)47-40(31)33)28-17-19-30(43)20-18-28;1-22(2,3)15-18-14-21(25-16-20(18)24(7,8)9)17-11-10-12-19(13-17)23(4,5)6;/h5-13,15-26H,1-4H3;10,12-14,16H,15H2,1-9H3;/q2*-1;/i;15D2;. The van der Waals surface area contributed by atoms with Crippen LogP contribution in [0.3, 0.4) is 0 Å². The molecule has 0 unspecified atom stereocenters. The first-order valence-electron chi connectivity index (χ1n) is 26.2. The van der Waals surface area contributed by atoms with Gasteiger partial charge in [-0.15, -0.1) is 18.2 Å². The molecular weight excluding hydrogens is 1150 g/mol. The number of halogens is 1. The molecule has 0 saturated carbocycles. The minimum atomic E-state index is -2.29. The van der Waals surface area contributed by atoms with Crippen molar-refractivity contribution in [2.24, 2.45) is 5.41 Å². The van der Waals surface area contributed by atoms with Gasteiger partial charge in [0.15, 0.2) is 0 Å². The zero-order chi connectivity index (χ0) is 53.1. The summed E-state index contributed by atoms with van der Waals surface area (Å²) in [6, 6.07) is 53.7. The maximum absolute atomic E-state index is 13.6. The molecule has 0 atom stereocenters. The van der Waals surface area contributed by atoms with E-state index in [1.54, 1.807) is 23.5 Å². The van der Waals surface area contributed by atoms with Gasteiger partial charge in [0.1, 0.15) is 10.6 Å². The average Bonchev–Trinajstić information content (AvgIpc) is 3.94. The molecule has 0 spiro atoms. The van der Waals surface area contributed by atoms with Crippen molar-refractivity contribution < 1.29 is 27.2 Å². The summed E-state index contributed by atoms with van der Waals surface area (Å²) in [5, 5.41) is 2.22. The van der Waals surface area contributed by atoms with Gasteiger partial charge >= 0.3 is 160 Å². The Labute approximate surface area is 456 Å². The fourth-order valence-electron chi connectivity index (χ4n) is 9.39. The van der Waals surface area contributed by atoms with E-state index < -0.39 is 25.1 Å². The number of hydrogen-bond acceptors (Lipinski definition) is 4. The summed E-state index contributed by atoms with van der Waals surface area (Å²) < 4.78 is 36.1. The molecule has 0 N–H and O–H groups in total. The molecule has 6 aromatic carbocycles. The van der Waals surface area contributed by atoms with Crippen LogP contribution >= 0.6 is 11.3 Å². The second-order valence-electron chi connectivity index (χ2n) is 22.7. The van der Waals surface area contributed by atoms with Crippen LogP contribution in [0.1, 0.15) is 106 Å². The van der Waals surface area contributed by atoms with Gasteiger partial charge in [0.05, 0.1) is 22.6 Å². The zero-order valence-corrected chi connectivity index (χ0v) is 49.7. The molecule has 0 fully saturated rings. The number of hydrogen-bond donors (Lipinski definition) is 0. The molecule has 73 heavy (non-hydrogen) atoms. The average molecular weight is 1220 g/mol. The van der Waals surface area contributed by atoms with Crippen LogP contribution in [-0.2, 0) is 31.9 Å². The number of para-hydroxylation sites is 2. The second kappa shape index (κ2) is 21.3. The maximum atomic E-state index is 13.6. The van der Waals surface area contributed by atoms with E-state index in [0.717, 1.165) is 75.2 Å². The van der Waals surface area contributed by atoms with Gasteiger partial charge in [-0.1, -0.05) is 87.2 Å². The van der Waals surface area contributed by atoms with E-state index in [0.29, 0.717) is 0 Å². The molecule has 0 aliphatic carbocycles. The summed E-state index contributed by atoms with van der Waals surface area (Å²) in [5.41, 5.74) is 14.2. The van der Waals surface area contributed by atoms with Gasteiger partial charge in [0.2, 0.25) is 0 Å². The monoisotopic (exact) mass is 1220 g/mol. The normalized spacial score (nSPS) is 12.8. The van der Waals surface area contributed by atoms with Gasteiger partial charge in [0.25, 0.3) is 0 Å². The number of fused-ring (bicyclic) bond motifs is 4. The Kier molecular flexibility index (Phi) is 14.9. The van der Waals surface area contributed by atoms with Crippen LogP contribution in [0.2, 0.25) is 17.3 Å². The van der Waals surface area contributed by atoms with Gasteiger partial charge in [-0.3, -0.25) is 4.98 Å². The summed E-state index contributed by atoms with van der Waals surface area (Å²) in [5.74, 6) is 8.06. The van der Waals surface area contributed by atoms with Gasteiger partial charge in [-0.2, -0.15) is 11.3 Å². The van der Waals surface area contributed by atoms with E-state index in [4.69, 9.17) is 17.7 Å². The first kappa shape index (κ1) is 50.9. The molecule has 4 nitrogen and oxygen atoms in total. The molecule has 10 aromatic rings. The molecule has 0 aliphatic heterocycles. The summed E-state index contributed by atoms with van der Waals surface area (Å²) in [6.07, 6.45) is 0.506. The molecular formula is C65H67FGeIrN4S-2. The quantitative estimate of drug-likeness (QED) is 0.107. The summed E-state index contributed by atoms with van der Waals surface area (Å²) in [7, 11) is 0. The van der Waals surface area contributed by atoms with Gasteiger partial charge in [-0.25, -0.2) is 9.37 Å². The van der Waals surface area contributed by atoms with Crippen LogP contribution in [0.4, 0.5) is 4.39 Å². The van der Waals surface area contributed by atoms with Crippen molar-refractivity contribution in [1.82, 2.24) is 19.5 Å². The molecule has 0 bridgehead atoms. The van der Waals surface area contributed by atoms with Gasteiger partial charge < -0.3 is 4.57 Å². The van der Waals surface area contributed by atoms with Crippen molar-refractivity contribution >= 4 is 60.3 Å². The first-order chi connectivity index (χ1) is 34.9. The molecule has 1 radical (unpaired) electrons. The Bertz CT molecular complexity index is 3650. The third-order valence-corrected chi connectivity index (χ3v) is 18.5. The number of pyridine rings is 2. The summed E-state index contributed by atoms with van der Waals surface area (Å²) in [6.45, 7) is 21.6. The number of nitrogens with zero attached hydrogens (tertiary/aromatic N) is 4. The van der Waals surface area contributed by atoms with Crippen molar-refractivity contribution in [2.45, 2.75) is 110 Å². The number of thiophene rings is 1. The van der Waals surface area contributed by atoms with Crippen LogP contribution in [-0.4, -0.2) is 32.8 Å². The fraction of sp³-hybridized carbons (Fsp3) is 0.277. The molecule has 8 heteroatoms. The molecule has 0 aliphatic rings. The van der Waals surface area contributed by atoms with E-state index in [1.165, 1.54) is 45.6 Å². The number of benzene rings is 6. The van der Waals surface area contributed by atoms with Crippen LogP contribution in [0.5, 0.6) is 0 Å². The summed E-state index contributed by atoms with van der Waals surface area (Å²) >= 11 is -0.630. The SMILES string of the molecule is CC(C)c1cc(-c2ccccc2)cc(C(C)C)c1-n1c(-c2[c-]ccc3c2sc2nc(-c4ccc(F)cc4)ccc23)nc2ccccc21.[2H]C([2H])(c1cc(-c2[c-]ccc(C(C)(C)C)c2)nc[c]1[Ge]([CH3])([CH3])[CH3])C(C)(C)C.[Ir]. The molecule has 0 saturated heterocycles. The Balaban J connectivity index is 0.000000229. The largest absolute Gasteiger partial charge is 0 e. The number of rotatable bonds is 9. The van der Waals surface area contributed by atoms with Crippen LogP contribution in [0, 0.1) is 23.4 Å².